The Labute approximate surface area is 112 Å². The number of rotatable bonds is 1. The lowest BCUT2D eigenvalue weighted by Gasteiger charge is -2.09. The lowest BCUT2D eigenvalue weighted by Crippen LogP contribution is -2.25. The van der Waals surface area contributed by atoms with Crippen LogP contribution in [0, 0.1) is 18.3 Å². The third-order valence-corrected chi connectivity index (χ3v) is 3.38. The molecule has 0 aliphatic carbocycles. The Morgan fingerprint density at radius 2 is 2.39 bits per heavy atom. The highest BCUT2D eigenvalue weighted by atomic mass is 79.9. The molecule has 0 saturated carbocycles. The minimum atomic E-state index is -0.0455. The van der Waals surface area contributed by atoms with Crippen LogP contribution in [-0.4, -0.2) is 27.0 Å². The Bertz CT molecular complexity index is 672. The third kappa shape index (κ3) is 1.77. The molecule has 1 saturated heterocycles. The molecule has 0 radical (unpaired) electrons. The van der Waals surface area contributed by atoms with E-state index < -0.39 is 0 Å². The first kappa shape index (κ1) is 11.2. The zero-order valence-corrected chi connectivity index (χ0v) is 11.0. The van der Waals surface area contributed by atoms with E-state index in [1.165, 1.54) is 0 Å². The van der Waals surface area contributed by atoms with Gasteiger partial charge in [0.05, 0.1) is 0 Å². The predicted octanol–water partition coefficient (Wildman–Crippen LogP) is 1.48. The molecule has 18 heavy (non-hydrogen) atoms. The second-order valence-electron chi connectivity index (χ2n) is 4.13. The van der Waals surface area contributed by atoms with Crippen LogP contribution in [0.2, 0.25) is 0 Å². The standard InChI is InChI=1S/C12H9BrN4O/c1-2-8-5-11(18)16(7-8)12-14-10-6-9(13)3-4-17(10)15-12/h1,3-4,6,8H,5,7H2. The number of hydrogen-bond acceptors (Lipinski definition) is 3. The highest BCUT2D eigenvalue weighted by Crippen LogP contribution is 2.23. The largest absolute Gasteiger partial charge is 0.278 e. The molecule has 5 nitrogen and oxygen atoms in total. The van der Waals surface area contributed by atoms with E-state index >= 15 is 0 Å². The zero-order chi connectivity index (χ0) is 12.7. The molecule has 6 heteroatoms. The van der Waals surface area contributed by atoms with Gasteiger partial charge in [0.25, 0.3) is 5.95 Å². The number of aromatic nitrogens is 3. The number of nitrogens with zero attached hydrogens (tertiary/aromatic N) is 4. The van der Waals surface area contributed by atoms with E-state index in [-0.39, 0.29) is 11.8 Å². The van der Waals surface area contributed by atoms with Gasteiger partial charge in [-0.15, -0.1) is 17.4 Å². The first-order valence-corrected chi connectivity index (χ1v) is 6.25. The van der Waals surface area contributed by atoms with Crippen LogP contribution < -0.4 is 4.90 Å². The molecular formula is C12H9BrN4O. The number of amides is 1. The van der Waals surface area contributed by atoms with Crippen molar-refractivity contribution in [3.8, 4) is 12.3 Å². The summed E-state index contributed by atoms with van der Waals surface area (Å²) in [6.45, 7) is 0.493. The van der Waals surface area contributed by atoms with Crippen LogP contribution in [-0.2, 0) is 4.79 Å². The lowest BCUT2D eigenvalue weighted by molar-refractivity contribution is -0.117. The first-order valence-electron chi connectivity index (χ1n) is 5.46. The van der Waals surface area contributed by atoms with Gasteiger partial charge in [-0.2, -0.15) is 4.98 Å². The van der Waals surface area contributed by atoms with E-state index in [2.05, 4.69) is 31.9 Å². The molecule has 1 unspecified atom stereocenters. The van der Waals surface area contributed by atoms with E-state index in [1.807, 2.05) is 12.1 Å². The van der Waals surface area contributed by atoms with Crippen LogP contribution in [0.1, 0.15) is 6.42 Å². The van der Waals surface area contributed by atoms with Gasteiger partial charge in [-0.3, -0.25) is 9.69 Å². The molecule has 1 aliphatic rings. The van der Waals surface area contributed by atoms with E-state index in [1.54, 1.807) is 15.6 Å². The average molecular weight is 305 g/mol. The topological polar surface area (TPSA) is 50.5 Å². The quantitative estimate of drug-likeness (QED) is 0.750. The Balaban J connectivity index is 2.00. The van der Waals surface area contributed by atoms with Gasteiger partial charge < -0.3 is 0 Å². The maximum absolute atomic E-state index is 11.8. The van der Waals surface area contributed by atoms with Gasteiger partial charge in [0, 0.05) is 29.6 Å². The fourth-order valence-corrected chi connectivity index (χ4v) is 2.29. The van der Waals surface area contributed by atoms with Crippen molar-refractivity contribution >= 4 is 33.4 Å². The highest BCUT2D eigenvalue weighted by molar-refractivity contribution is 9.10. The smallest absolute Gasteiger partial charge is 0.252 e. The molecule has 3 heterocycles. The van der Waals surface area contributed by atoms with Crippen LogP contribution in [0.25, 0.3) is 5.65 Å². The van der Waals surface area contributed by atoms with E-state index in [4.69, 9.17) is 6.42 Å². The summed E-state index contributed by atoms with van der Waals surface area (Å²) in [4.78, 5) is 17.7. The number of carbonyl (C=O) groups excluding carboxylic acids is 1. The van der Waals surface area contributed by atoms with Crippen molar-refractivity contribution in [2.45, 2.75) is 6.42 Å². The van der Waals surface area contributed by atoms with Crippen molar-refractivity contribution < 1.29 is 4.79 Å². The van der Waals surface area contributed by atoms with Gasteiger partial charge in [0.2, 0.25) is 5.91 Å². The van der Waals surface area contributed by atoms with Crippen molar-refractivity contribution in [1.82, 2.24) is 14.6 Å². The van der Waals surface area contributed by atoms with Crippen molar-refractivity contribution in [1.29, 1.82) is 0 Å². The number of carbonyl (C=O) groups is 1. The molecule has 2 aromatic rings. The van der Waals surface area contributed by atoms with E-state index in [0.29, 0.717) is 24.6 Å². The number of terminal acetylenes is 1. The third-order valence-electron chi connectivity index (χ3n) is 2.89. The lowest BCUT2D eigenvalue weighted by atomic mass is 10.1. The molecule has 0 aromatic carbocycles. The summed E-state index contributed by atoms with van der Waals surface area (Å²) < 4.78 is 2.56. The van der Waals surface area contributed by atoms with Gasteiger partial charge in [0.15, 0.2) is 5.65 Å². The van der Waals surface area contributed by atoms with Gasteiger partial charge in [-0.1, -0.05) is 15.9 Å². The molecular weight excluding hydrogens is 296 g/mol. The number of pyridine rings is 1. The summed E-state index contributed by atoms with van der Waals surface area (Å²) >= 11 is 3.37. The van der Waals surface area contributed by atoms with Crippen LogP contribution >= 0.6 is 15.9 Å². The molecule has 1 aliphatic heterocycles. The number of halogens is 1. The fraction of sp³-hybridized carbons (Fsp3) is 0.250. The minimum Gasteiger partial charge on any atom is -0.278 e. The van der Waals surface area contributed by atoms with Crippen molar-refractivity contribution in [2.24, 2.45) is 5.92 Å². The Kier molecular flexibility index (Phi) is 2.56. The first-order chi connectivity index (χ1) is 8.67. The second kappa shape index (κ2) is 4.10. The molecule has 1 fully saturated rings. The molecule has 3 rings (SSSR count). The summed E-state index contributed by atoms with van der Waals surface area (Å²) in [5.41, 5.74) is 0.691. The van der Waals surface area contributed by atoms with E-state index in [9.17, 15) is 4.79 Å². The van der Waals surface area contributed by atoms with Crippen LogP contribution in [0.15, 0.2) is 22.8 Å². The number of fused-ring (bicyclic) bond motifs is 1. The Morgan fingerprint density at radius 3 is 3.11 bits per heavy atom. The maximum Gasteiger partial charge on any atom is 0.252 e. The van der Waals surface area contributed by atoms with Crippen molar-refractivity contribution in [3.63, 3.8) is 0 Å². The number of anilines is 1. The summed E-state index contributed by atoms with van der Waals surface area (Å²) in [5, 5.41) is 4.28. The van der Waals surface area contributed by atoms with Gasteiger partial charge >= 0.3 is 0 Å². The van der Waals surface area contributed by atoms with Crippen molar-refractivity contribution in [2.75, 3.05) is 11.4 Å². The van der Waals surface area contributed by atoms with Gasteiger partial charge in [-0.25, -0.2) is 4.52 Å². The molecule has 0 bridgehead atoms. The minimum absolute atomic E-state index is 0.0204. The molecule has 0 N–H and O–H groups in total. The van der Waals surface area contributed by atoms with Gasteiger partial charge in [0.1, 0.15) is 0 Å². The summed E-state index contributed by atoms with van der Waals surface area (Å²) in [7, 11) is 0. The normalized spacial score (nSPS) is 19.4. The molecule has 0 spiro atoms. The Hall–Kier alpha value is -1.87. The highest BCUT2D eigenvalue weighted by Gasteiger charge is 2.31. The summed E-state index contributed by atoms with van der Waals surface area (Å²) in [6, 6.07) is 3.71. The monoisotopic (exact) mass is 304 g/mol. The SMILES string of the molecule is C#CC1CC(=O)N(c2nc3cc(Br)ccn3n2)C1. The molecule has 1 amide bonds. The number of hydrogen-bond donors (Lipinski definition) is 0. The Morgan fingerprint density at radius 1 is 1.56 bits per heavy atom. The summed E-state index contributed by atoms with van der Waals surface area (Å²) in [5.74, 6) is 2.95. The van der Waals surface area contributed by atoms with Crippen LogP contribution in [0.3, 0.4) is 0 Å². The fourth-order valence-electron chi connectivity index (χ4n) is 1.97. The predicted molar refractivity (Wildman–Crippen MR) is 70.0 cm³/mol. The van der Waals surface area contributed by atoms with E-state index in [0.717, 1.165) is 4.47 Å². The molecule has 1 atom stereocenters. The van der Waals surface area contributed by atoms with Crippen molar-refractivity contribution in [3.05, 3.63) is 22.8 Å². The van der Waals surface area contributed by atoms with Gasteiger partial charge in [-0.05, 0) is 12.1 Å². The maximum atomic E-state index is 11.8. The molecule has 90 valence electrons. The second-order valence-corrected chi connectivity index (χ2v) is 5.05. The molecule has 2 aromatic heterocycles. The van der Waals surface area contributed by atoms with Crippen LogP contribution in [0.4, 0.5) is 5.95 Å². The zero-order valence-electron chi connectivity index (χ0n) is 9.38. The van der Waals surface area contributed by atoms with Crippen LogP contribution in [0.5, 0.6) is 0 Å². The average Bonchev–Trinajstić information content (AvgIpc) is 2.91. The summed E-state index contributed by atoms with van der Waals surface area (Å²) in [6.07, 6.45) is 7.51.